The molecule has 0 aromatic rings. The molecule has 1 heterocycles. The maximum absolute atomic E-state index is 11.5. The van der Waals surface area contributed by atoms with Gasteiger partial charge < -0.3 is 4.90 Å². The van der Waals surface area contributed by atoms with Crippen molar-refractivity contribution < 1.29 is 4.79 Å². The predicted octanol–water partition coefficient (Wildman–Crippen LogP) is 1.78. The molecule has 13 heavy (non-hydrogen) atoms. The number of hydrogen-bond donors (Lipinski definition) is 0. The summed E-state index contributed by atoms with van der Waals surface area (Å²) in [7, 11) is 0. The molecule has 1 saturated heterocycles. The third kappa shape index (κ3) is 2.58. The van der Waals surface area contributed by atoms with Gasteiger partial charge in [0.1, 0.15) is 0 Å². The minimum Gasteiger partial charge on any atom is -0.339 e. The Morgan fingerprint density at radius 1 is 1.46 bits per heavy atom. The van der Waals surface area contributed by atoms with Gasteiger partial charge >= 0.3 is 0 Å². The lowest BCUT2D eigenvalue weighted by Gasteiger charge is -2.25. The third-order valence-electron chi connectivity index (χ3n) is 2.63. The maximum Gasteiger partial charge on any atom is 0.246 e. The van der Waals surface area contributed by atoms with Crippen LogP contribution >= 0.6 is 0 Å². The Morgan fingerprint density at radius 3 is 2.92 bits per heavy atom. The second kappa shape index (κ2) is 3.95. The van der Waals surface area contributed by atoms with E-state index in [4.69, 9.17) is 0 Å². The zero-order valence-electron chi connectivity index (χ0n) is 7.91. The van der Waals surface area contributed by atoms with Crippen LogP contribution in [0.3, 0.4) is 0 Å². The number of amides is 1. The lowest BCUT2D eigenvalue weighted by Crippen LogP contribution is -2.34. The van der Waals surface area contributed by atoms with Crippen molar-refractivity contribution in [3.8, 4) is 0 Å². The number of hydrogen-bond acceptors (Lipinski definition) is 1. The van der Waals surface area contributed by atoms with Gasteiger partial charge in [0.15, 0.2) is 0 Å². The number of likely N-dealkylation sites (tertiary alicyclic amines) is 1. The van der Waals surface area contributed by atoms with Crippen molar-refractivity contribution in [3.05, 3.63) is 18.6 Å². The summed E-state index contributed by atoms with van der Waals surface area (Å²) in [5.74, 6) is 0.903. The standard InChI is InChI=1S/C11H16NO/c13-11(7-6-10-4-5-10)12-8-2-1-3-9-12/h2,6-7,10H,1,3-5,8-9H2. The van der Waals surface area contributed by atoms with Gasteiger partial charge in [-0.25, -0.2) is 0 Å². The van der Waals surface area contributed by atoms with Gasteiger partial charge in [-0.3, -0.25) is 4.79 Å². The van der Waals surface area contributed by atoms with E-state index >= 15 is 0 Å². The lowest BCUT2D eigenvalue weighted by molar-refractivity contribution is -0.126. The molecular weight excluding hydrogens is 162 g/mol. The molecular formula is C11H16NO. The van der Waals surface area contributed by atoms with Crippen molar-refractivity contribution in [2.24, 2.45) is 5.92 Å². The van der Waals surface area contributed by atoms with Crippen LogP contribution in [0.25, 0.3) is 0 Å². The quantitative estimate of drug-likeness (QED) is 0.590. The predicted molar refractivity (Wildman–Crippen MR) is 52.0 cm³/mol. The van der Waals surface area contributed by atoms with Crippen molar-refractivity contribution in [3.63, 3.8) is 0 Å². The Kier molecular flexibility index (Phi) is 2.67. The van der Waals surface area contributed by atoms with Crippen LogP contribution in [0, 0.1) is 12.3 Å². The molecule has 1 radical (unpaired) electrons. The molecule has 2 aliphatic rings. The summed E-state index contributed by atoms with van der Waals surface area (Å²) >= 11 is 0. The van der Waals surface area contributed by atoms with Crippen LogP contribution in [0.2, 0.25) is 0 Å². The summed E-state index contributed by atoms with van der Waals surface area (Å²) in [5.41, 5.74) is 0. The highest BCUT2D eigenvalue weighted by Crippen LogP contribution is 2.30. The van der Waals surface area contributed by atoms with Crippen molar-refractivity contribution in [2.45, 2.75) is 25.7 Å². The largest absolute Gasteiger partial charge is 0.339 e. The van der Waals surface area contributed by atoms with E-state index < -0.39 is 0 Å². The van der Waals surface area contributed by atoms with Crippen molar-refractivity contribution in [1.82, 2.24) is 4.90 Å². The molecule has 2 rings (SSSR count). The van der Waals surface area contributed by atoms with E-state index in [0.29, 0.717) is 5.92 Å². The van der Waals surface area contributed by atoms with Gasteiger partial charge in [0.2, 0.25) is 5.91 Å². The van der Waals surface area contributed by atoms with Crippen molar-refractivity contribution in [2.75, 3.05) is 13.1 Å². The Hall–Kier alpha value is -0.790. The van der Waals surface area contributed by atoms with Gasteiger partial charge in [-0.1, -0.05) is 6.08 Å². The molecule has 0 unspecified atom stereocenters. The van der Waals surface area contributed by atoms with Gasteiger partial charge in [-0.15, -0.1) is 0 Å². The summed E-state index contributed by atoms with van der Waals surface area (Å²) in [6.45, 7) is 1.78. The molecule has 2 heteroatoms. The Balaban J connectivity index is 1.80. The topological polar surface area (TPSA) is 20.3 Å². The van der Waals surface area contributed by atoms with E-state index in [2.05, 4.69) is 12.5 Å². The first-order valence-corrected chi connectivity index (χ1v) is 5.15. The highest BCUT2D eigenvalue weighted by Gasteiger charge is 2.19. The second-order valence-electron chi connectivity index (χ2n) is 3.91. The Labute approximate surface area is 79.6 Å². The lowest BCUT2D eigenvalue weighted by atomic mass is 10.1. The summed E-state index contributed by atoms with van der Waals surface area (Å²) in [6, 6.07) is 0. The van der Waals surface area contributed by atoms with Gasteiger partial charge in [-0.05, 0) is 44.1 Å². The number of piperidine rings is 1. The molecule has 1 aliphatic heterocycles. The maximum atomic E-state index is 11.5. The fraction of sp³-hybridized carbons (Fsp3) is 0.636. The van der Waals surface area contributed by atoms with Gasteiger partial charge in [0, 0.05) is 13.1 Å². The third-order valence-corrected chi connectivity index (χ3v) is 2.63. The molecule has 0 N–H and O–H groups in total. The van der Waals surface area contributed by atoms with Gasteiger partial charge in [0.05, 0.1) is 0 Å². The summed E-state index contributed by atoms with van der Waals surface area (Å²) in [6.07, 6.45) is 10.9. The van der Waals surface area contributed by atoms with E-state index in [1.807, 2.05) is 4.90 Å². The number of carbonyl (C=O) groups is 1. The van der Waals surface area contributed by atoms with Crippen LogP contribution in [-0.2, 0) is 4.79 Å². The summed E-state index contributed by atoms with van der Waals surface area (Å²) < 4.78 is 0. The molecule has 2 nitrogen and oxygen atoms in total. The van der Waals surface area contributed by atoms with Crippen molar-refractivity contribution in [1.29, 1.82) is 0 Å². The summed E-state index contributed by atoms with van der Waals surface area (Å²) in [5, 5.41) is 0. The van der Waals surface area contributed by atoms with Crippen LogP contribution in [0.1, 0.15) is 25.7 Å². The Morgan fingerprint density at radius 2 is 2.31 bits per heavy atom. The Bertz CT molecular complexity index is 212. The molecule has 71 valence electrons. The number of allylic oxidation sites excluding steroid dienone is 1. The molecule has 1 saturated carbocycles. The normalized spacial score (nSPS) is 23.8. The fourth-order valence-corrected chi connectivity index (χ4v) is 1.58. The number of carbonyl (C=O) groups excluding carboxylic acids is 1. The number of rotatable bonds is 2. The first-order valence-electron chi connectivity index (χ1n) is 5.15. The van der Waals surface area contributed by atoms with E-state index in [1.165, 1.54) is 12.8 Å². The van der Waals surface area contributed by atoms with E-state index in [1.54, 1.807) is 6.08 Å². The molecule has 0 bridgehead atoms. The molecule has 1 amide bonds. The molecule has 0 aromatic heterocycles. The minimum atomic E-state index is 0.197. The van der Waals surface area contributed by atoms with Crippen molar-refractivity contribution >= 4 is 5.91 Å². The van der Waals surface area contributed by atoms with E-state index in [0.717, 1.165) is 25.9 Å². The molecule has 0 aromatic carbocycles. The average Bonchev–Trinajstić information content (AvgIpc) is 2.99. The zero-order chi connectivity index (χ0) is 9.10. The summed E-state index contributed by atoms with van der Waals surface area (Å²) in [4.78, 5) is 13.5. The van der Waals surface area contributed by atoms with Crippen LogP contribution < -0.4 is 0 Å². The van der Waals surface area contributed by atoms with E-state index in [-0.39, 0.29) is 5.91 Å². The fourth-order valence-electron chi connectivity index (χ4n) is 1.58. The van der Waals surface area contributed by atoms with Crippen LogP contribution in [0.15, 0.2) is 12.2 Å². The highest BCUT2D eigenvalue weighted by atomic mass is 16.2. The monoisotopic (exact) mass is 178 g/mol. The van der Waals surface area contributed by atoms with Crippen LogP contribution in [0.4, 0.5) is 0 Å². The van der Waals surface area contributed by atoms with E-state index in [9.17, 15) is 4.79 Å². The smallest absolute Gasteiger partial charge is 0.246 e. The average molecular weight is 178 g/mol. The van der Waals surface area contributed by atoms with Gasteiger partial charge in [0.25, 0.3) is 0 Å². The number of nitrogens with zero attached hydrogens (tertiary/aromatic N) is 1. The zero-order valence-corrected chi connectivity index (χ0v) is 7.91. The van der Waals surface area contributed by atoms with Crippen LogP contribution in [-0.4, -0.2) is 23.9 Å². The SMILES string of the molecule is O=C(C=CC1CC1)N1C[CH]CCC1. The molecule has 0 spiro atoms. The van der Waals surface area contributed by atoms with Gasteiger partial charge in [-0.2, -0.15) is 0 Å². The first kappa shape index (κ1) is 8.79. The molecule has 1 aliphatic carbocycles. The highest BCUT2D eigenvalue weighted by molar-refractivity contribution is 5.87. The molecule has 2 fully saturated rings. The minimum absolute atomic E-state index is 0.197. The molecule has 0 atom stereocenters. The van der Waals surface area contributed by atoms with Crippen LogP contribution in [0.5, 0.6) is 0 Å². The first-order chi connectivity index (χ1) is 6.36. The second-order valence-corrected chi connectivity index (χ2v) is 3.91.